The third kappa shape index (κ3) is 2.53. The van der Waals surface area contributed by atoms with Gasteiger partial charge in [-0.05, 0) is 31.0 Å². The summed E-state index contributed by atoms with van der Waals surface area (Å²) in [6, 6.07) is 5.70. The molecule has 6 heteroatoms. The van der Waals surface area contributed by atoms with Gasteiger partial charge in [0.1, 0.15) is 0 Å². The second-order valence-corrected chi connectivity index (χ2v) is 6.15. The SMILES string of the molecule is O=C(O)C1CCN(c2nc3cc(Cl)ccc3s2)CC1. The molecule has 1 aromatic heterocycles. The average Bonchev–Trinajstić information content (AvgIpc) is 2.81. The number of carboxylic acids is 1. The van der Waals surface area contributed by atoms with E-state index in [1.54, 1.807) is 11.3 Å². The minimum atomic E-state index is -0.685. The van der Waals surface area contributed by atoms with E-state index in [9.17, 15) is 4.79 Å². The number of anilines is 1. The number of nitrogens with zero attached hydrogens (tertiary/aromatic N) is 2. The summed E-state index contributed by atoms with van der Waals surface area (Å²) in [6.07, 6.45) is 1.37. The van der Waals surface area contributed by atoms with Crippen LogP contribution in [-0.4, -0.2) is 29.1 Å². The van der Waals surface area contributed by atoms with Crippen molar-refractivity contribution in [1.29, 1.82) is 0 Å². The van der Waals surface area contributed by atoms with Crippen LogP contribution in [0.1, 0.15) is 12.8 Å². The number of rotatable bonds is 2. The molecule has 0 amide bonds. The van der Waals surface area contributed by atoms with Gasteiger partial charge >= 0.3 is 5.97 Å². The summed E-state index contributed by atoms with van der Waals surface area (Å²) in [5.74, 6) is -0.893. The number of carbonyl (C=O) groups is 1. The summed E-state index contributed by atoms with van der Waals surface area (Å²) < 4.78 is 1.11. The van der Waals surface area contributed by atoms with Crippen molar-refractivity contribution in [2.24, 2.45) is 5.92 Å². The number of carboxylic acid groups (broad SMARTS) is 1. The lowest BCUT2D eigenvalue weighted by Crippen LogP contribution is -2.36. The summed E-state index contributed by atoms with van der Waals surface area (Å²) in [4.78, 5) is 17.7. The van der Waals surface area contributed by atoms with Gasteiger partial charge in [-0.1, -0.05) is 22.9 Å². The van der Waals surface area contributed by atoms with E-state index in [1.165, 1.54) is 0 Å². The standard InChI is InChI=1S/C13H13ClN2O2S/c14-9-1-2-11-10(7-9)15-13(19-11)16-5-3-8(4-6-16)12(17)18/h1-2,7-8H,3-6H2,(H,17,18). The predicted octanol–water partition coefficient (Wildman–Crippen LogP) is 3.25. The smallest absolute Gasteiger partial charge is 0.306 e. The van der Waals surface area contributed by atoms with Crippen molar-refractivity contribution in [3.63, 3.8) is 0 Å². The Morgan fingerprint density at radius 1 is 1.42 bits per heavy atom. The molecule has 0 spiro atoms. The summed E-state index contributed by atoms with van der Waals surface area (Å²) in [5, 5.41) is 10.6. The Morgan fingerprint density at radius 3 is 2.84 bits per heavy atom. The fraction of sp³-hybridized carbons (Fsp3) is 0.385. The molecule has 1 saturated heterocycles. The topological polar surface area (TPSA) is 53.4 Å². The normalized spacial score (nSPS) is 17.0. The van der Waals surface area contributed by atoms with Gasteiger partial charge in [0.15, 0.2) is 5.13 Å². The van der Waals surface area contributed by atoms with Gasteiger partial charge < -0.3 is 10.0 Å². The maximum atomic E-state index is 10.9. The highest BCUT2D eigenvalue weighted by molar-refractivity contribution is 7.22. The van der Waals surface area contributed by atoms with E-state index in [0.717, 1.165) is 28.4 Å². The van der Waals surface area contributed by atoms with Gasteiger partial charge in [0, 0.05) is 18.1 Å². The largest absolute Gasteiger partial charge is 0.481 e. The van der Waals surface area contributed by atoms with Crippen LogP contribution in [0.2, 0.25) is 5.02 Å². The molecule has 2 aromatic rings. The maximum absolute atomic E-state index is 10.9. The first kappa shape index (κ1) is 12.7. The van der Waals surface area contributed by atoms with Crippen LogP contribution in [-0.2, 0) is 4.79 Å². The first-order valence-corrected chi connectivity index (χ1v) is 7.37. The Kier molecular flexibility index (Phi) is 3.33. The molecule has 100 valence electrons. The number of piperidine rings is 1. The Bertz CT molecular complexity index is 620. The molecule has 1 aliphatic rings. The lowest BCUT2D eigenvalue weighted by molar-refractivity contribution is -0.142. The van der Waals surface area contributed by atoms with Crippen molar-refractivity contribution in [2.75, 3.05) is 18.0 Å². The molecule has 3 rings (SSSR count). The molecule has 0 bridgehead atoms. The minimum absolute atomic E-state index is 0.208. The quantitative estimate of drug-likeness (QED) is 0.924. The number of fused-ring (bicyclic) bond motifs is 1. The predicted molar refractivity (Wildman–Crippen MR) is 77.2 cm³/mol. The maximum Gasteiger partial charge on any atom is 0.306 e. The van der Waals surface area contributed by atoms with E-state index in [1.807, 2.05) is 18.2 Å². The molecule has 0 unspecified atom stereocenters. The van der Waals surface area contributed by atoms with E-state index >= 15 is 0 Å². The molecule has 1 N–H and O–H groups in total. The van der Waals surface area contributed by atoms with Gasteiger partial charge in [-0.15, -0.1) is 0 Å². The van der Waals surface area contributed by atoms with E-state index in [2.05, 4.69) is 9.88 Å². The lowest BCUT2D eigenvalue weighted by Gasteiger charge is -2.29. The van der Waals surface area contributed by atoms with Crippen molar-refractivity contribution >= 4 is 44.3 Å². The molecule has 4 nitrogen and oxygen atoms in total. The van der Waals surface area contributed by atoms with Gasteiger partial charge in [-0.3, -0.25) is 4.79 Å². The van der Waals surface area contributed by atoms with Crippen LogP contribution < -0.4 is 4.90 Å². The van der Waals surface area contributed by atoms with E-state index in [4.69, 9.17) is 16.7 Å². The second-order valence-electron chi connectivity index (χ2n) is 4.71. The first-order chi connectivity index (χ1) is 9.13. The monoisotopic (exact) mass is 296 g/mol. The number of aliphatic carboxylic acids is 1. The van der Waals surface area contributed by atoms with Crippen molar-refractivity contribution in [1.82, 2.24) is 4.98 Å². The zero-order chi connectivity index (χ0) is 13.4. The molecular weight excluding hydrogens is 284 g/mol. The molecule has 0 radical (unpaired) electrons. The highest BCUT2D eigenvalue weighted by Gasteiger charge is 2.25. The molecule has 19 heavy (non-hydrogen) atoms. The second kappa shape index (κ2) is 4.98. The van der Waals surface area contributed by atoms with Crippen LogP contribution in [0.25, 0.3) is 10.2 Å². The zero-order valence-electron chi connectivity index (χ0n) is 10.2. The number of halogens is 1. The van der Waals surface area contributed by atoms with Crippen LogP contribution in [0.15, 0.2) is 18.2 Å². The van der Waals surface area contributed by atoms with Crippen molar-refractivity contribution < 1.29 is 9.90 Å². The molecule has 0 aliphatic carbocycles. The first-order valence-electron chi connectivity index (χ1n) is 6.17. The third-order valence-electron chi connectivity index (χ3n) is 3.45. The van der Waals surface area contributed by atoms with Crippen LogP contribution >= 0.6 is 22.9 Å². The number of hydrogen-bond donors (Lipinski definition) is 1. The van der Waals surface area contributed by atoms with Gasteiger partial charge in [-0.2, -0.15) is 0 Å². The average molecular weight is 297 g/mol. The Balaban J connectivity index is 1.80. The van der Waals surface area contributed by atoms with Gasteiger partial charge in [-0.25, -0.2) is 4.98 Å². The fourth-order valence-corrected chi connectivity index (χ4v) is 3.51. The van der Waals surface area contributed by atoms with Crippen molar-refractivity contribution in [2.45, 2.75) is 12.8 Å². The molecule has 0 saturated carbocycles. The Labute approximate surface area is 119 Å². The lowest BCUT2D eigenvalue weighted by atomic mass is 9.98. The number of hydrogen-bond acceptors (Lipinski definition) is 4. The number of benzene rings is 1. The Hall–Kier alpha value is -1.33. The van der Waals surface area contributed by atoms with Crippen LogP contribution in [0.3, 0.4) is 0 Å². The minimum Gasteiger partial charge on any atom is -0.481 e. The van der Waals surface area contributed by atoms with Gasteiger partial charge in [0.2, 0.25) is 0 Å². The van der Waals surface area contributed by atoms with E-state index in [-0.39, 0.29) is 5.92 Å². The highest BCUT2D eigenvalue weighted by Crippen LogP contribution is 2.32. The third-order valence-corrected chi connectivity index (χ3v) is 4.79. The summed E-state index contributed by atoms with van der Waals surface area (Å²) in [6.45, 7) is 1.51. The van der Waals surface area contributed by atoms with E-state index < -0.39 is 5.97 Å². The fourth-order valence-electron chi connectivity index (χ4n) is 2.34. The molecule has 1 fully saturated rings. The number of aromatic nitrogens is 1. The number of thiazole rings is 1. The van der Waals surface area contributed by atoms with Gasteiger partial charge in [0.25, 0.3) is 0 Å². The summed E-state index contributed by atoms with van der Waals surface area (Å²) in [7, 11) is 0. The molecular formula is C13H13ClN2O2S. The molecule has 2 heterocycles. The summed E-state index contributed by atoms with van der Waals surface area (Å²) >= 11 is 7.58. The van der Waals surface area contributed by atoms with Crippen LogP contribution in [0, 0.1) is 5.92 Å². The van der Waals surface area contributed by atoms with Crippen molar-refractivity contribution in [3.05, 3.63) is 23.2 Å². The van der Waals surface area contributed by atoms with E-state index in [0.29, 0.717) is 17.9 Å². The van der Waals surface area contributed by atoms with Crippen molar-refractivity contribution in [3.8, 4) is 0 Å². The zero-order valence-corrected chi connectivity index (χ0v) is 11.7. The van der Waals surface area contributed by atoms with Crippen LogP contribution in [0.4, 0.5) is 5.13 Å². The molecule has 0 atom stereocenters. The van der Waals surface area contributed by atoms with Gasteiger partial charge in [0.05, 0.1) is 16.1 Å². The highest BCUT2D eigenvalue weighted by atomic mass is 35.5. The Morgan fingerprint density at radius 2 is 2.16 bits per heavy atom. The summed E-state index contributed by atoms with van der Waals surface area (Å²) in [5.41, 5.74) is 0.910. The molecule has 1 aromatic carbocycles. The van der Waals surface area contributed by atoms with Crippen LogP contribution in [0.5, 0.6) is 0 Å². The molecule has 1 aliphatic heterocycles.